The summed E-state index contributed by atoms with van der Waals surface area (Å²) in [7, 11) is 0. The van der Waals surface area contributed by atoms with Gasteiger partial charge in [0, 0.05) is 47.5 Å². The van der Waals surface area contributed by atoms with Crippen molar-refractivity contribution < 1.29 is 0 Å². The molecule has 0 radical (unpaired) electrons. The molecule has 8 aromatic rings. The lowest BCUT2D eigenvalue weighted by Crippen LogP contribution is -2.17. The van der Waals surface area contributed by atoms with E-state index in [9.17, 15) is 0 Å². The van der Waals surface area contributed by atoms with Gasteiger partial charge in [-0.05, 0) is 90.6 Å². The van der Waals surface area contributed by atoms with Crippen LogP contribution in [0.4, 0.5) is 0 Å². The van der Waals surface area contributed by atoms with Gasteiger partial charge < -0.3 is 10.6 Å². The van der Waals surface area contributed by atoms with Crippen LogP contribution in [0.2, 0.25) is 0 Å². The Morgan fingerprint density at radius 1 is 0.340 bits per heavy atom. The minimum atomic E-state index is 0.900. The lowest BCUT2D eigenvalue weighted by molar-refractivity contribution is 0.739. The van der Waals surface area contributed by atoms with Gasteiger partial charge in [-0.15, -0.1) is 23.5 Å². The zero-order valence-corrected chi connectivity index (χ0v) is 29.9. The highest BCUT2D eigenvalue weighted by Gasteiger charge is 2.08. The topological polar surface area (TPSA) is 24.1 Å². The molecule has 8 rings (SSSR count). The average Bonchev–Trinajstić information content (AvgIpc) is 3.18. The predicted octanol–water partition coefficient (Wildman–Crippen LogP) is 11.7. The molecule has 2 N–H and O–H groups in total. The van der Waals surface area contributed by atoms with E-state index in [0.717, 1.165) is 37.7 Å². The summed E-state index contributed by atoms with van der Waals surface area (Å²) in [6.45, 7) is 3.79. The van der Waals surface area contributed by atoms with Crippen molar-refractivity contribution in [3.05, 3.63) is 181 Å². The number of hydrogen-bond acceptors (Lipinski definition) is 4. The summed E-state index contributed by atoms with van der Waals surface area (Å²) in [6.07, 6.45) is 0. The Morgan fingerprint density at radius 3 is 0.980 bits per heavy atom. The zero-order chi connectivity index (χ0) is 33.8. The molecule has 8 aromatic carbocycles. The first-order valence-electron chi connectivity index (χ1n) is 17.4. The first kappa shape index (κ1) is 33.9. The van der Waals surface area contributed by atoms with Crippen LogP contribution < -0.4 is 10.6 Å². The lowest BCUT2D eigenvalue weighted by atomic mass is 9.97. The molecule has 0 fully saturated rings. The van der Waals surface area contributed by atoms with Crippen LogP contribution in [0.3, 0.4) is 0 Å². The number of thioether (sulfide) groups is 2. The first-order valence-corrected chi connectivity index (χ1v) is 19.4. The van der Waals surface area contributed by atoms with Crippen LogP contribution in [0.15, 0.2) is 180 Å². The van der Waals surface area contributed by atoms with Crippen LogP contribution in [-0.2, 0) is 13.1 Å². The Balaban J connectivity index is 0.000000157. The van der Waals surface area contributed by atoms with E-state index >= 15 is 0 Å². The number of fused-ring (bicyclic) bond motifs is 4. The van der Waals surface area contributed by atoms with E-state index in [0.29, 0.717) is 0 Å². The minimum absolute atomic E-state index is 0.900. The van der Waals surface area contributed by atoms with E-state index in [1.165, 1.54) is 64.0 Å². The molecule has 0 heterocycles. The van der Waals surface area contributed by atoms with Gasteiger partial charge >= 0.3 is 0 Å². The van der Waals surface area contributed by atoms with E-state index < -0.39 is 0 Å². The van der Waals surface area contributed by atoms with Gasteiger partial charge in [0.15, 0.2) is 0 Å². The Kier molecular flexibility index (Phi) is 11.8. The predicted molar refractivity (Wildman–Crippen MR) is 221 cm³/mol. The third-order valence-electron chi connectivity index (χ3n) is 8.95. The lowest BCUT2D eigenvalue weighted by Gasteiger charge is -2.12. The monoisotopic (exact) mass is 686 g/mol. The van der Waals surface area contributed by atoms with Gasteiger partial charge in [0.1, 0.15) is 0 Å². The normalized spacial score (nSPS) is 11.2. The van der Waals surface area contributed by atoms with Crippen molar-refractivity contribution in [3.63, 3.8) is 0 Å². The van der Waals surface area contributed by atoms with Crippen molar-refractivity contribution in [1.29, 1.82) is 0 Å². The summed E-state index contributed by atoms with van der Waals surface area (Å²) in [4.78, 5) is 2.67. The number of rotatable bonds is 12. The Hall–Kier alpha value is -4.58. The fourth-order valence-electron chi connectivity index (χ4n) is 6.54. The maximum atomic E-state index is 3.64. The van der Waals surface area contributed by atoms with Gasteiger partial charge in [-0.1, -0.05) is 133 Å². The van der Waals surface area contributed by atoms with Crippen LogP contribution in [0.25, 0.3) is 43.1 Å². The molecule has 0 amide bonds. The summed E-state index contributed by atoms with van der Waals surface area (Å²) in [5.74, 6) is 2.15. The van der Waals surface area contributed by atoms with Gasteiger partial charge in [0.25, 0.3) is 0 Å². The van der Waals surface area contributed by atoms with Gasteiger partial charge in [0.2, 0.25) is 0 Å². The zero-order valence-electron chi connectivity index (χ0n) is 28.2. The van der Waals surface area contributed by atoms with E-state index in [-0.39, 0.29) is 0 Å². The van der Waals surface area contributed by atoms with E-state index in [1.54, 1.807) is 0 Å². The van der Waals surface area contributed by atoms with Crippen LogP contribution >= 0.6 is 23.5 Å². The first-order chi connectivity index (χ1) is 24.8. The van der Waals surface area contributed by atoms with E-state index in [2.05, 4.69) is 180 Å². The maximum absolute atomic E-state index is 3.64. The Labute approximate surface area is 304 Å². The maximum Gasteiger partial charge on any atom is 0.0218 e. The summed E-state index contributed by atoms with van der Waals surface area (Å²) >= 11 is 3.80. The highest BCUT2D eigenvalue weighted by atomic mass is 32.2. The highest BCUT2D eigenvalue weighted by molar-refractivity contribution is 7.99. The Morgan fingerprint density at radius 2 is 0.640 bits per heavy atom. The second-order valence-electron chi connectivity index (χ2n) is 12.3. The van der Waals surface area contributed by atoms with Gasteiger partial charge in [0.05, 0.1) is 0 Å². The number of hydrogen-bond donors (Lipinski definition) is 2. The van der Waals surface area contributed by atoms with Crippen LogP contribution in [0, 0.1) is 0 Å². The molecule has 0 saturated carbocycles. The quantitative estimate of drug-likeness (QED) is 0.0759. The molecule has 0 aliphatic carbocycles. The van der Waals surface area contributed by atoms with Crippen LogP contribution in [0.5, 0.6) is 0 Å². The molecular weight excluding hydrogens is 645 g/mol. The van der Waals surface area contributed by atoms with E-state index in [4.69, 9.17) is 0 Å². The average molecular weight is 687 g/mol. The summed E-state index contributed by atoms with van der Waals surface area (Å²) < 4.78 is 0. The molecule has 0 aliphatic rings. The van der Waals surface area contributed by atoms with Gasteiger partial charge in [-0.2, -0.15) is 0 Å². The van der Waals surface area contributed by atoms with E-state index in [1.807, 2.05) is 23.5 Å². The fourth-order valence-corrected chi connectivity index (χ4v) is 8.20. The third kappa shape index (κ3) is 8.58. The third-order valence-corrected chi connectivity index (χ3v) is 11.0. The summed E-state index contributed by atoms with van der Waals surface area (Å²) in [5.41, 5.74) is 2.80. The molecule has 2 nitrogen and oxygen atoms in total. The molecule has 0 aliphatic heterocycles. The van der Waals surface area contributed by atoms with Crippen LogP contribution in [0.1, 0.15) is 11.1 Å². The number of benzene rings is 8. The molecule has 50 heavy (non-hydrogen) atoms. The van der Waals surface area contributed by atoms with Crippen molar-refractivity contribution >= 4 is 66.6 Å². The van der Waals surface area contributed by atoms with Crippen molar-refractivity contribution in [2.45, 2.75) is 22.9 Å². The fraction of sp³-hybridized carbons (Fsp3) is 0.130. The van der Waals surface area contributed by atoms with Crippen molar-refractivity contribution in [1.82, 2.24) is 10.6 Å². The Bertz CT molecular complexity index is 2010. The summed E-state index contributed by atoms with van der Waals surface area (Å²) in [5, 5.41) is 17.9. The highest BCUT2D eigenvalue weighted by Crippen LogP contribution is 2.30. The molecule has 0 aromatic heterocycles. The second-order valence-corrected chi connectivity index (χ2v) is 14.6. The largest absolute Gasteiger partial charge is 0.312 e. The smallest absolute Gasteiger partial charge is 0.0218 e. The molecule has 0 unspecified atom stereocenters. The number of nitrogens with one attached hydrogen (secondary N) is 2. The summed E-state index contributed by atoms with van der Waals surface area (Å²) in [6, 6.07) is 60.5. The van der Waals surface area contributed by atoms with Crippen molar-refractivity contribution in [3.8, 4) is 0 Å². The molecule has 4 heteroatoms. The standard InChI is InChI=1S/2C23H21NS/c2*1-2-10-20(11-3-1)25-15-14-24-17-23-21-12-6-4-8-18(21)16-19-9-5-7-13-22(19)23/h2*1-13,16,24H,14-15,17H2. The SMILES string of the molecule is c1ccc(SCCNCc2c3ccccc3cc3ccccc23)cc1.c1ccc(SCCNCc2c3ccccc3cc3ccccc23)cc1. The molecule has 0 bridgehead atoms. The molecule has 248 valence electrons. The minimum Gasteiger partial charge on any atom is -0.312 e. The molecule has 0 spiro atoms. The van der Waals surface area contributed by atoms with Crippen LogP contribution in [-0.4, -0.2) is 24.6 Å². The van der Waals surface area contributed by atoms with Crippen molar-refractivity contribution in [2.75, 3.05) is 24.6 Å². The van der Waals surface area contributed by atoms with Crippen molar-refractivity contribution in [2.24, 2.45) is 0 Å². The van der Waals surface area contributed by atoms with Gasteiger partial charge in [-0.25, -0.2) is 0 Å². The van der Waals surface area contributed by atoms with Gasteiger partial charge in [-0.3, -0.25) is 0 Å². The molecule has 0 saturated heterocycles. The second kappa shape index (κ2) is 17.4. The molecule has 0 atom stereocenters. The molecular formula is C46H42N2S2.